The summed E-state index contributed by atoms with van der Waals surface area (Å²) in [5.74, 6) is 0.361. The summed E-state index contributed by atoms with van der Waals surface area (Å²) >= 11 is 0. The summed E-state index contributed by atoms with van der Waals surface area (Å²) in [5, 5.41) is 6.43. The molecule has 1 aliphatic heterocycles. The molecule has 1 amide bonds. The van der Waals surface area contributed by atoms with E-state index in [4.69, 9.17) is 9.40 Å². The summed E-state index contributed by atoms with van der Waals surface area (Å²) in [4.78, 5) is 20.2. The number of carbonyl (C=O) groups is 1. The monoisotopic (exact) mass is 462 g/mol. The van der Waals surface area contributed by atoms with Gasteiger partial charge in [0.15, 0.2) is 5.58 Å². The zero-order valence-corrected chi connectivity index (χ0v) is 19.3. The molecule has 0 bridgehead atoms. The van der Waals surface area contributed by atoms with Gasteiger partial charge in [-0.15, -0.1) is 12.4 Å². The maximum atomic E-state index is 12.9. The SMILES string of the molecule is Cc1ccccc1C(=O)Nc1ccccc1-c1nc2c(CN3CCNCC3)cccc2o1.Cl. The first-order chi connectivity index (χ1) is 15.7. The maximum Gasteiger partial charge on any atom is 0.255 e. The number of aryl methyl sites for hydroxylation is 1. The molecule has 2 heterocycles. The van der Waals surface area contributed by atoms with E-state index in [-0.39, 0.29) is 18.3 Å². The second kappa shape index (κ2) is 10.2. The van der Waals surface area contributed by atoms with E-state index in [1.807, 2.05) is 67.6 Å². The highest BCUT2D eigenvalue weighted by Crippen LogP contribution is 2.32. The molecule has 2 N–H and O–H groups in total. The van der Waals surface area contributed by atoms with Crippen molar-refractivity contribution in [3.63, 3.8) is 0 Å². The van der Waals surface area contributed by atoms with Crippen LogP contribution in [-0.4, -0.2) is 42.0 Å². The van der Waals surface area contributed by atoms with Crippen LogP contribution in [0.15, 0.2) is 71.1 Å². The van der Waals surface area contributed by atoms with Gasteiger partial charge in [-0.25, -0.2) is 4.98 Å². The van der Waals surface area contributed by atoms with Crippen molar-refractivity contribution in [2.75, 3.05) is 31.5 Å². The first-order valence-electron chi connectivity index (χ1n) is 11.0. The van der Waals surface area contributed by atoms with Crippen LogP contribution in [0, 0.1) is 6.92 Å². The van der Waals surface area contributed by atoms with Gasteiger partial charge in [0.2, 0.25) is 5.89 Å². The number of anilines is 1. The second-order valence-corrected chi connectivity index (χ2v) is 8.12. The molecular weight excluding hydrogens is 436 g/mol. The van der Waals surface area contributed by atoms with Crippen LogP contribution in [0.4, 0.5) is 5.69 Å². The van der Waals surface area contributed by atoms with Gasteiger partial charge in [0.05, 0.1) is 11.3 Å². The smallest absolute Gasteiger partial charge is 0.255 e. The number of aromatic nitrogens is 1. The fourth-order valence-corrected chi connectivity index (χ4v) is 4.15. The first-order valence-corrected chi connectivity index (χ1v) is 11.0. The van der Waals surface area contributed by atoms with E-state index < -0.39 is 0 Å². The van der Waals surface area contributed by atoms with Gasteiger partial charge in [0, 0.05) is 38.3 Å². The Hall–Kier alpha value is -3.19. The standard InChI is InChI=1S/C26H26N4O2.ClH/c1-18-7-2-3-9-20(18)25(31)28-22-11-5-4-10-21(22)26-29-24-19(8-6-12-23(24)32-26)17-30-15-13-27-14-16-30;/h2-12,27H,13-17H2,1H3,(H,28,31);1H. The zero-order valence-electron chi connectivity index (χ0n) is 18.5. The lowest BCUT2D eigenvalue weighted by Gasteiger charge is -2.27. The van der Waals surface area contributed by atoms with Crippen molar-refractivity contribution >= 4 is 35.1 Å². The van der Waals surface area contributed by atoms with Crippen molar-refractivity contribution in [2.24, 2.45) is 0 Å². The summed E-state index contributed by atoms with van der Waals surface area (Å²) in [6.45, 7) is 6.84. The molecule has 7 heteroatoms. The molecule has 0 atom stereocenters. The van der Waals surface area contributed by atoms with Gasteiger partial charge < -0.3 is 15.1 Å². The third-order valence-corrected chi connectivity index (χ3v) is 5.90. The molecule has 0 radical (unpaired) electrons. The first kappa shape index (κ1) is 23.0. The van der Waals surface area contributed by atoms with Crippen LogP contribution in [0.3, 0.4) is 0 Å². The lowest BCUT2D eigenvalue weighted by Crippen LogP contribution is -2.42. The summed E-state index contributed by atoms with van der Waals surface area (Å²) in [7, 11) is 0. The van der Waals surface area contributed by atoms with Crippen LogP contribution in [-0.2, 0) is 6.54 Å². The van der Waals surface area contributed by atoms with E-state index in [9.17, 15) is 4.79 Å². The number of halogens is 1. The van der Waals surface area contributed by atoms with Crippen molar-refractivity contribution in [2.45, 2.75) is 13.5 Å². The summed E-state index contributed by atoms with van der Waals surface area (Å²) in [6, 6.07) is 21.3. The lowest BCUT2D eigenvalue weighted by molar-refractivity contribution is 0.102. The number of para-hydroxylation sites is 2. The largest absolute Gasteiger partial charge is 0.436 e. The van der Waals surface area contributed by atoms with Crippen LogP contribution < -0.4 is 10.6 Å². The Morgan fingerprint density at radius 1 is 1.03 bits per heavy atom. The number of fused-ring (bicyclic) bond motifs is 1. The van der Waals surface area contributed by atoms with Crippen LogP contribution in [0.1, 0.15) is 21.5 Å². The fourth-order valence-electron chi connectivity index (χ4n) is 4.15. The van der Waals surface area contributed by atoms with E-state index in [1.54, 1.807) is 0 Å². The predicted octanol–water partition coefficient (Wildman–Crippen LogP) is 4.88. The number of carbonyl (C=O) groups excluding carboxylic acids is 1. The molecule has 0 spiro atoms. The van der Waals surface area contributed by atoms with Crippen LogP contribution in [0.2, 0.25) is 0 Å². The number of hydrogen-bond acceptors (Lipinski definition) is 5. The highest BCUT2D eigenvalue weighted by atomic mass is 35.5. The molecule has 33 heavy (non-hydrogen) atoms. The molecule has 5 rings (SSSR count). The Morgan fingerprint density at radius 2 is 1.79 bits per heavy atom. The molecule has 6 nitrogen and oxygen atoms in total. The van der Waals surface area contributed by atoms with Gasteiger partial charge in [-0.05, 0) is 42.3 Å². The average molecular weight is 463 g/mol. The molecule has 1 aliphatic rings. The Balaban J connectivity index is 0.00000259. The van der Waals surface area contributed by atoms with Gasteiger partial charge >= 0.3 is 0 Å². The number of nitrogens with one attached hydrogen (secondary N) is 2. The van der Waals surface area contributed by atoms with E-state index in [0.29, 0.717) is 17.1 Å². The molecule has 170 valence electrons. The molecule has 1 fully saturated rings. The number of rotatable bonds is 5. The van der Waals surface area contributed by atoms with Crippen molar-refractivity contribution in [3.8, 4) is 11.5 Å². The quantitative estimate of drug-likeness (QED) is 0.442. The van der Waals surface area contributed by atoms with Gasteiger partial charge in [0.1, 0.15) is 5.52 Å². The minimum Gasteiger partial charge on any atom is -0.436 e. The summed E-state index contributed by atoms with van der Waals surface area (Å²) in [5.41, 5.74) is 5.81. The normalized spacial score (nSPS) is 14.1. The number of piperazine rings is 1. The minimum atomic E-state index is -0.147. The molecule has 1 aromatic heterocycles. The Kier molecular flexibility index (Phi) is 7.08. The van der Waals surface area contributed by atoms with Crippen molar-refractivity contribution in [3.05, 3.63) is 83.4 Å². The third kappa shape index (κ3) is 4.93. The van der Waals surface area contributed by atoms with E-state index in [0.717, 1.165) is 60.5 Å². The minimum absolute atomic E-state index is 0. The fraction of sp³-hybridized carbons (Fsp3) is 0.231. The lowest BCUT2D eigenvalue weighted by atomic mass is 10.1. The number of amides is 1. The van der Waals surface area contributed by atoms with E-state index in [2.05, 4.69) is 21.6 Å². The molecule has 1 saturated heterocycles. The topological polar surface area (TPSA) is 70.4 Å². The number of benzene rings is 3. The van der Waals surface area contributed by atoms with Crippen LogP contribution in [0.5, 0.6) is 0 Å². The molecular formula is C26H27ClN4O2. The number of oxazole rings is 1. The highest BCUT2D eigenvalue weighted by molar-refractivity contribution is 6.07. The van der Waals surface area contributed by atoms with E-state index in [1.165, 1.54) is 0 Å². The van der Waals surface area contributed by atoms with Crippen molar-refractivity contribution in [1.82, 2.24) is 15.2 Å². The molecule has 0 aliphatic carbocycles. The highest BCUT2D eigenvalue weighted by Gasteiger charge is 2.18. The van der Waals surface area contributed by atoms with Gasteiger partial charge in [-0.3, -0.25) is 9.69 Å². The third-order valence-electron chi connectivity index (χ3n) is 5.90. The van der Waals surface area contributed by atoms with E-state index >= 15 is 0 Å². The molecule has 4 aromatic rings. The predicted molar refractivity (Wildman–Crippen MR) is 134 cm³/mol. The Labute approximate surface area is 199 Å². The van der Waals surface area contributed by atoms with Crippen molar-refractivity contribution < 1.29 is 9.21 Å². The van der Waals surface area contributed by atoms with Gasteiger partial charge in [0.25, 0.3) is 5.91 Å². The van der Waals surface area contributed by atoms with Gasteiger partial charge in [-0.1, -0.05) is 42.5 Å². The maximum absolute atomic E-state index is 12.9. The molecule has 0 unspecified atom stereocenters. The number of nitrogens with zero attached hydrogens (tertiary/aromatic N) is 2. The van der Waals surface area contributed by atoms with Crippen molar-refractivity contribution in [1.29, 1.82) is 0 Å². The summed E-state index contributed by atoms with van der Waals surface area (Å²) in [6.07, 6.45) is 0. The number of hydrogen-bond donors (Lipinski definition) is 2. The van der Waals surface area contributed by atoms with Crippen LogP contribution >= 0.6 is 12.4 Å². The zero-order chi connectivity index (χ0) is 21.9. The Morgan fingerprint density at radius 3 is 2.61 bits per heavy atom. The second-order valence-electron chi connectivity index (χ2n) is 8.12. The van der Waals surface area contributed by atoms with Gasteiger partial charge in [-0.2, -0.15) is 0 Å². The molecule has 0 saturated carbocycles. The summed E-state index contributed by atoms with van der Waals surface area (Å²) < 4.78 is 6.14. The molecule has 3 aromatic carbocycles. The Bertz CT molecular complexity index is 1260. The average Bonchev–Trinajstić information content (AvgIpc) is 3.26. The van der Waals surface area contributed by atoms with Crippen LogP contribution in [0.25, 0.3) is 22.6 Å².